The third kappa shape index (κ3) is 2.78. The van der Waals surface area contributed by atoms with Crippen molar-refractivity contribution in [3.05, 3.63) is 33.0 Å². The molecule has 8 nitrogen and oxygen atoms in total. The third-order valence-electron chi connectivity index (χ3n) is 2.81. The Kier molecular flexibility index (Phi) is 3.79. The monoisotopic (exact) mass is 290 g/mol. The Hall–Kier alpha value is -2.64. The Morgan fingerprint density at radius 1 is 1.38 bits per heavy atom. The highest BCUT2D eigenvalue weighted by Crippen LogP contribution is 2.16. The van der Waals surface area contributed by atoms with Crippen LogP contribution in [0.3, 0.4) is 0 Å². The van der Waals surface area contributed by atoms with Crippen LogP contribution in [0.25, 0.3) is 11.2 Å². The Morgan fingerprint density at radius 2 is 2.05 bits per heavy atom. The summed E-state index contributed by atoms with van der Waals surface area (Å²) in [5.41, 5.74) is 4.10. The average molecular weight is 290 g/mol. The molecule has 2 rings (SSSR count). The number of hydrogen-bond acceptors (Lipinski definition) is 5. The third-order valence-corrected chi connectivity index (χ3v) is 2.81. The van der Waals surface area contributed by atoms with Crippen molar-refractivity contribution in [3.8, 4) is 0 Å². The van der Waals surface area contributed by atoms with E-state index < -0.39 is 11.2 Å². The lowest BCUT2D eigenvalue weighted by atomic mass is 10.3. The van der Waals surface area contributed by atoms with Gasteiger partial charge < -0.3 is 0 Å². The van der Waals surface area contributed by atoms with E-state index >= 15 is 0 Å². The minimum atomic E-state index is -0.505. The van der Waals surface area contributed by atoms with E-state index in [-0.39, 0.29) is 0 Å². The summed E-state index contributed by atoms with van der Waals surface area (Å²) in [6, 6.07) is 0. The van der Waals surface area contributed by atoms with Crippen molar-refractivity contribution in [2.75, 3.05) is 5.43 Å². The molecule has 21 heavy (non-hydrogen) atoms. The van der Waals surface area contributed by atoms with E-state index in [0.29, 0.717) is 23.7 Å². The van der Waals surface area contributed by atoms with E-state index in [0.717, 1.165) is 11.3 Å². The highest BCUT2D eigenvalue weighted by atomic mass is 16.2. The Balaban J connectivity index is 2.78. The summed E-state index contributed by atoms with van der Waals surface area (Å²) >= 11 is 0. The fraction of sp³-hybridized carbons (Fsp3) is 0.385. The molecule has 0 aliphatic heterocycles. The molecule has 2 aromatic heterocycles. The first-order chi connectivity index (χ1) is 9.81. The predicted molar refractivity (Wildman–Crippen MR) is 82.8 cm³/mol. The molecule has 112 valence electrons. The molecule has 0 radical (unpaired) electrons. The molecule has 0 bridgehead atoms. The van der Waals surface area contributed by atoms with Gasteiger partial charge in [-0.2, -0.15) is 10.1 Å². The molecule has 0 aliphatic rings. The molecule has 0 saturated carbocycles. The number of hydrazone groups is 1. The van der Waals surface area contributed by atoms with Crippen LogP contribution in [0.15, 0.2) is 26.8 Å². The van der Waals surface area contributed by atoms with E-state index in [1.807, 2.05) is 20.8 Å². The quantitative estimate of drug-likeness (QED) is 0.494. The van der Waals surface area contributed by atoms with Crippen molar-refractivity contribution < 1.29 is 0 Å². The van der Waals surface area contributed by atoms with Crippen molar-refractivity contribution in [2.45, 2.75) is 27.3 Å². The number of nitrogens with one attached hydrogen (secondary N) is 2. The summed E-state index contributed by atoms with van der Waals surface area (Å²) in [6.45, 7) is 9.77. The zero-order valence-corrected chi connectivity index (χ0v) is 12.5. The molecule has 0 aromatic carbocycles. The number of fused-ring (bicyclic) bond motifs is 1. The summed E-state index contributed by atoms with van der Waals surface area (Å²) in [5.74, 6) is 0.390. The van der Waals surface area contributed by atoms with Crippen molar-refractivity contribution in [1.82, 2.24) is 19.1 Å². The van der Waals surface area contributed by atoms with Gasteiger partial charge in [-0.3, -0.25) is 18.9 Å². The highest BCUT2D eigenvalue weighted by Gasteiger charge is 2.16. The lowest BCUT2D eigenvalue weighted by molar-refractivity contribution is 0.799. The second-order valence-electron chi connectivity index (χ2n) is 5.14. The number of imidazole rings is 1. The number of allylic oxidation sites excluding steroid dienone is 1. The maximum atomic E-state index is 12.1. The largest absolute Gasteiger partial charge is 0.329 e. The van der Waals surface area contributed by atoms with E-state index in [1.54, 1.807) is 11.6 Å². The molecule has 0 atom stereocenters. The fourth-order valence-electron chi connectivity index (χ4n) is 1.91. The summed E-state index contributed by atoms with van der Waals surface area (Å²) < 4.78 is 2.95. The summed E-state index contributed by atoms with van der Waals surface area (Å²) in [7, 11) is 1.55. The van der Waals surface area contributed by atoms with Crippen LogP contribution in [0.4, 0.5) is 5.95 Å². The Morgan fingerprint density at radius 3 is 2.62 bits per heavy atom. The van der Waals surface area contributed by atoms with Crippen molar-refractivity contribution in [3.63, 3.8) is 0 Å². The lowest BCUT2D eigenvalue weighted by Crippen LogP contribution is -2.29. The SMILES string of the molecule is C=C(C)Cn1c(NN=C(C)C)nc2c1c(=O)[nH]c(=O)n2C. The van der Waals surface area contributed by atoms with Crippen LogP contribution in [0.1, 0.15) is 20.8 Å². The number of aryl methyl sites for hydroxylation is 1. The standard InChI is InChI=1S/C13H18N6O2/c1-7(2)6-19-9-10(14-12(19)17-16-8(3)4)18(5)13(21)15-11(9)20/h1,6H2,2-5H3,(H,14,17)(H,15,20,21). The van der Waals surface area contributed by atoms with E-state index in [9.17, 15) is 9.59 Å². The minimum absolute atomic E-state index is 0.302. The molecule has 0 unspecified atom stereocenters. The fourth-order valence-corrected chi connectivity index (χ4v) is 1.91. The van der Waals surface area contributed by atoms with Gasteiger partial charge in [0, 0.05) is 19.3 Å². The molecular weight excluding hydrogens is 272 g/mol. The van der Waals surface area contributed by atoms with Crippen LogP contribution in [0.5, 0.6) is 0 Å². The molecular formula is C13H18N6O2. The summed E-state index contributed by atoms with van der Waals surface area (Å²) in [5, 5.41) is 4.09. The molecule has 0 spiro atoms. The summed E-state index contributed by atoms with van der Waals surface area (Å²) in [4.78, 5) is 30.3. The smallest absolute Gasteiger partial charge is 0.299 e. The second kappa shape index (κ2) is 5.39. The van der Waals surface area contributed by atoms with E-state index in [1.165, 1.54) is 4.57 Å². The van der Waals surface area contributed by atoms with E-state index in [4.69, 9.17) is 0 Å². The van der Waals surface area contributed by atoms with E-state index in [2.05, 4.69) is 27.1 Å². The van der Waals surface area contributed by atoms with Gasteiger partial charge in [0.25, 0.3) is 5.56 Å². The van der Waals surface area contributed by atoms with Crippen LogP contribution >= 0.6 is 0 Å². The van der Waals surface area contributed by atoms with Gasteiger partial charge in [0.2, 0.25) is 5.95 Å². The van der Waals surface area contributed by atoms with Crippen LogP contribution < -0.4 is 16.7 Å². The molecule has 0 aliphatic carbocycles. The van der Waals surface area contributed by atoms with Gasteiger partial charge in [-0.05, 0) is 20.8 Å². The number of hydrogen-bond donors (Lipinski definition) is 2. The van der Waals surface area contributed by atoms with Crippen LogP contribution in [-0.4, -0.2) is 24.8 Å². The summed E-state index contributed by atoms with van der Waals surface area (Å²) in [6.07, 6.45) is 0. The minimum Gasteiger partial charge on any atom is -0.299 e. The highest BCUT2D eigenvalue weighted by molar-refractivity contribution is 5.80. The first-order valence-electron chi connectivity index (χ1n) is 6.42. The molecule has 2 aromatic rings. The molecule has 2 N–H and O–H groups in total. The topological polar surface area (TPSA) is 97.1 Å². The van der Waals surface area contributed by atoms with Gasteiger partial charge in [-0.1, -0.05) is 12.2 Å². The maximum absolute atomic E-state index is 12.1. The van der Waals surface area contributed by atoms with Gasteiger partial charge in [0.15, 0.2) is 11.2 Å². The van der Waals surface area contributed by atoms with Gasteiger partial charge in [-0.15, -0.1) is 0 Å². The number of nitrogens with zero attached hydrogens (tertiary/aromatic N) is 4. The van der Waals surface area contributed by atoms with Gasteiger partial charge in [-0.25, -0.2) is 10.2 Å². The Bertz CT molecular complexity index is 848. The molecule has 0 saturated heterocycles. The van der Waals surface area contributed by atoms with Crippen molar-refractivity contribution >= 4 is 22.8 Å². The zero-order chi connectivity index (χ0) is 15.7. The first-order valence-corrected chi connectivity index (χ1v) is 6.42. The van der Waals surface area contributed by atoms with Crippen molar-refractivity contribution in [1.29, 1.82) is 0 Å². The van der Waals surface area contributed by atoms with Crippen LogP contribution in [-0.2, 0) is 13.6 Å². The number of rotatable bonds is 4. The molecule has 0 amide bonds. The normalized spacial score (nSPS) is 10.7. The van der Waals surface area contributed by atoms with Crippen LogP contribution in [0, 0.1) is 0 Å². The van der Waals surface area contributed by atoms with Gasteiger partial charge in [0.05, 0.1) is 0 Å². The van der Waals surface area contributed by atoms with Crippen molar-refractivity contribution in [2.24, 2.45) is 12.1 Å². The number of H-pyrrole nitrogens is 1. The predicted octanol–water partition coefficient (Wildman–Crippen LogP) is 0.807. The van der Waals surface area contributed by atoms with Crippen LogP contribution in [0.2, 0.25) is 0 Å². The molecule has 2 heterocycles. The number of anilines is 1. The molecule has 8 heteroatoms. The lowest BCUT2D eigenvalue weighted by Gasteiger charge is -2.07. The average Bonchev–Trinajstić information content (AvgIpc) is 2.72. The molecule has 0 fully saturated rings. The Labute approximate surface area is 120 Å². The zero-order valence-electron chi connectivity index (χ0n) is 12.5. The maximum Gasteiger partial charge on any atom is 0.329 e. The van der Waals surface area contributed by atoms with Gasteiger partial charge >= 0.3 is 5.69 Å². The second-order valence-corrected chi connectivity index (χ2v) is 5.14. The number of aromatic amines is 1. The van der Waals surface area contributed by atoms with Gasteiger partial charge in [0.1, 0.15) is 0 Å². The number of aromatic nitrogens is 4. The first kappa shape index (κ1) is 14.8.